The Morgan fingerprint density at radius 2 is 1.46 bits per heavy atom. The first kappa shape index (κ1) is 19.8. The fourth-order valence-corrected chi connectivity index (χ4v) is 5.48. The molecule has 7 rings (SSSR count). The second-order valence-corrected chi connectivity index (χ2v) is 9.24. The van der Waals surface area contributed by atoms with Gasteiger partial charge in [-0.25, -0.2) is 4.57 Å². The largest absolute Gasteiger partial charge is 0.455 e. The number of pyridine rings is 1. The number of hydrogen-bond acceptors (Lipinski definition) is 3. The zero-order valence-corrected chi connectivity index (χ0v) is 19.6. The van der Waals surface area contributed by atoms with Crippen LogP contribution in [-0.2, 0) is 7.05 Å². The molecule has 0 saturated heterocycles. The summed E-state index contributed by atoms with van der Waals surface area (Å²) in [6.07, 6.45) is 2.08. The fourth-order valence-electron chi connectivity index (χ4n) is 5.48. The van der Waals surface area contributed by atoms with E-state index in [2.05, 4.69) is 74.1 Å². The van der Waals surface area contributed by atoms with E-state index < -0.39 is 0 Å². The number of rotatable bonds is 1. The molecule has 0 bridgehead atoms. The highest BCUT2D eigenvalue weighted by Crippen LogP contribution is 2.42. The lowest BCUT2D eigenvalue weighted by Crippen LogP contribution is -2.30. The minimum absolute atomic E-state index is 0.548. The van der Waals surface area contributed by atoms with Gasteiger partial charge in [0.2, 0.25) is 5.69 Å². The van der Waals surface area contributed by atoms with Gasteiger partial charge in [-0.05, 0) is 55.3 Å². The van der Waals surface area contributed by atoms with E-state index in [1.165, 1.54) is 11.1 Å². The first-order valence-corrected chi connectivity index (χ1v) is 11.7. The second-order valence-electron chi connectivity index (χ2n) is 9.24. The molecule has 166 valence electrons. The highest BCUT2D eigenvalue weighted by molar-refractivity contribution is 6.19. The monoisotopic (exact) mass is 453 g/mol. The summed E-state index contributed by atoms with van der Waals surface area (Å²) >= 11 is 0. The molecule has 0 spiro atoms. The van der Waals surface area contributed by atoms with Crippen LogP contribution >= 0.6 is 0 Å². The van der Waals surface area contributed by atoms with Crippen LogP contribution in [-0.4, -0.2) is 0 Å². The molecule has 0 radical (unpaired) electrons. The number of nitriles is 1. The van der Waals surface area contributed by atoms with Gasteiger partial charge in [0, 0.05) is 33.0 Å². The van der Waals surface area contributed by atoms with Crippen LogP contribution in [0.5, 0.6) is 0 Å². The van der Waals surface area contributed by atoms with Crippen LogP contribution in [0, 0.1) is 25.2 Å². The van der Waals surface area contributed by atoms with Crippen LogP contribution in [0.3, 0.4) is 0 Å². The van der Waals surface area contributed by atoms with Gasteiger partial charge in [-0.3, -0.25) is 0 Å². The molecule has 0 saturated carbocycles. The average Bonchev–Trinajstić information content (AvgIpc) is 3.44. The lowest BCUT2D eigenvalue weighted by atomic mass is 9.93. The van der Waals surface area contributed by atoms with Gasteiger partial charge in [0.15, 0.2) is 11.8 Å². The maximum absolute atomic E-state index is 9.60. The number of fused-ring (bicyclic) bond motifs is 8. The third kappa shape index (κ3) is 2.58. The summed E-state index contributed by atoms with van der Waals surface area (Å²) in [5, 5.41) is 15.9. The van der Waals surface area contributed by atoms with Crippen molar-refractivity contribution >= 4 is 54.6 Å². The minimum atomic E-state index is 0.548. The van der Waals surface area contributed by atoms with Crippen LogP contribution in [0.4, 0.5) is 0 Å². The van der Waals surface area contributed by atoms with Gasteiger partial charge in [-0.1, -0.05) is 30.3 Å². The van der Waals surface area contributed by atoms with E-state index >= 15 is 0 Å². The Hall–Kier alpha value is -4.62. The lowest BCUT2D eigenvalue weighted by molar-refractivity contribution is -0.659. The Morgan fingerprint density at radius 1 is 0.714 bits per heavy atom. The first-order valence-electron chi connectivity index (χ1n) is 11.7. The van der Waals surface area contributed by atoms with E-state index in [-0.39, 0.29) is 0 Å². The molecule has 3 aromatic heterocycles. The maximum Gasteiger partial charge on any atom is 0.224 e. The Labute approximate surface area is 201 Å². The normalized spacial score (nSPS) is 11.8. The molecule has 0 N–H and O–H groups in total. The van der Waals surface area contributed by atoms with E-state index in [9.17, 15) is 5.26 Å². The molecule has 0 amide bonds. The number of hydrogen-bond donors (Lipinski definition) is 0. The molecule has 4 nitrogen and oxygen atoms in total. The molecule has 0 aliphatic rings. The summed E-state index contributed by atoms with van der Waals surface area (Å²) in [4.78, 5) is 0. The third-order valence-electron chi connectivity index (χ3n) is 7.32. The summed E-state index contributed by atoms with van der Waals surface area (Å²) in [7, 11) is 2.07. The van der Waals surface area contributed by atoms with Crippen molar-refractivity contribution < 1.29 is 13.4 Å². The van der Waals surface area contributed by atoms with E-state index in [0.717, 1.165) is 60.3 Å². The zero-order chi connectivity index (χ0) is 23.8. The second kappa shape index (κ2) is 6.94. The van der Waals surface area contributed by atoms with Crippen molar-refractivity contribution in [3.05, 3.63) is 89.6 Å². The van der Waals surface area contributed by atoms with Crippen molar-refractivity contribution in [2.24, 2.45) is 7.05 Å². The van der Waals surface area contributed by atoms with Crippen LogP contribution in [0.1, 0.15) is 16.7 Å². The Kier molecular flexibility index (Phi) is 3.93. The molecule has 4 aromatic carbocycles. The summed E-state index contributed by atoms with van der Waals surface area (Å²) in [5.41, 5.74) is 8.36. The summed E-state index contributed by atoms with van der Waals surface area (Å²) in [6, 6.07) is 24.8. The number of aromatic nitrogens is 1. The summed E-state index contributed by atoms with van der Waals surface area (Å²) in [5.74, 6) is 0. The topological polar surface area (TPSA) is 54.0 Å². The zero-order valence-electron chi connectivity index (χ0n) is 19.6. The van der Waals surface area contributed by atoms with Crippen molar-refractivity contribution in [3.8, 4) is 17.3 Å². The summed E-state index contributed by atoms with van der Waals surface area (Å²) < 4.78 is 15.0. The van der Waals surface area contributed by atoms with Gasteiger partial charge < -0.3 is 8.83 Å². The van der Waals surface area contributed by atoms with Gasteiger partial charge in [0.1, 0.15) is 29.9 Å². The molecule has 0 unspecified atom stereocenters. The molecule has 0 aliphatic heterocycles. The van der Waals surface area contributed by atoms with E-state index in [1.54, 1.807) is 6.07 Å². The number of furan rings is 2. The van der Waals surface area contributed by atoms with Crippen LogP contribution in [0.15, 0.2) is 81.8 Å². The van der Waals surface area contributed by atoms with Crippen LogP contribution in [0.25, 0.3) is 65.9 Å². The Bertz CT molecular complexity index is 2050. The first-order chi connectivity index (χ1) is 17.1. The maximum atomic E-state index is 9.60. The van der Waals surface area contributed by atoms with E-state index in [0.29, 0.717) is 11.1 Å². The third-order valence-corrected chi connectivity index (χ3v) is 7.32. The van der Waals surface area contributed by atoms with Gasteiger partial charge in [-0.2, -0.15) is 5.26 Å². The Balaban J connectivity index is 1.66. The quantitative estimate of drug-likeness (QED) is 0.240. The fraction of sp³-hybridized carbons (Fsp3) is 0.0968. The molecule has 35 heavy (non-hydrogen) atoms. The Morgan fingerprint density at radius 3 is 2.31 bits per heavy atom. The minimum Gasteiger partial charge on any atom is -0.455 e. The van der Waals surface area contributed by atoms with Crippen molar-refractivity contribution in [1.29, 1.82) is 5.26 Å². The highest BCUT2D eigenvalue weighted by atomic mass is 16.3. The molecule has 7 aromatic rings. The van der Waals surface area contributed by atoms with Gasteiger partial charge in [0.25, 0.3) is 0 Å². The van der Waals surface area contributed by atoms with Gasteiger partial charge in [-0.15, -0.1) is 0 Å². The average molecular weight is 454 g/mol. The molecule has 3 heterocycles. The van der Waals surface area contributed by atoms with Crippen molar-refractivity contribution in [1.82, 2.24) is 0 Å². The highest BCUT2D eigenvalue weighted by Gasteiger charge is 2.26. The lowest BCUT2D eigenvalue weighted by Gasteiger charge is -2.11. The van der Waals surface area contributed by atoms with Crippen molar-refractivity contribution in [2.45, 2.75) is 13.8 Å². The smallest absolute Gasteiger partial charge is 0.224 e. The predicted octanol–water partition coefficient (Wildman–Crippen LogP) is 7.62. The molecule has 0 aliphatic carbocycles. The molecular formula is C31H21N2O2+. The number of nitrogens with zero attached hydrogens (tertiary/aromatic N) is 2. The van der Waals surface area contributed by atoms with Crippen LogP contribution in [0.2, 0.25) is 0 Å². The number of aryl methyl sites for hydroxylation is 2. The van der Waals surface area contributed by atoms with Crippen molar-refractivity contribution in [2.75, 3.05) is 0 Å². The predicted molar refractivity (Wildman–Crippen MR) is 139 cm³/mol. The van der Waals surface area contributed by atoms with E-state index in [4.69, 9.17) is 8.83 Å². The molecule has 0 fully saturated rings. The number of benzene rings is 4. The molecule has 4 heteroatoms. The SMILES string of the molecule is Cc1cc2c(oc3ccccc32)c(-c2c3ccc4c5cccc(C#N)c5oc4c3cc[n+]2C)c1C. The molecule has 0 atom stereocenters. The number of para-hydroxylation sites is 2. The van der Waals surface area contributed by atoms with Crippen LogP contribution < -0.4 is 4.57 Å². The van der Waals surface area contributed by atoms with Crippen molar-refractivity contribution in [3.63, 3.8) is 0 Å². The standard InChI is InChI=1S/C31H21N2O2/c1-17-15-25-20-8-4-5-10-26(20)34-31(25)27(18(17)2)28-21-11-12-23-22-9-6-7-19(16-32)29(22)35-30(23)24(21)13-14-33(28)3/h4-15H,1-3H3/q+1. The van der Waals surface area contributed by atoms with E-state index in [1.807, 2.05) is 24.3 Å². The van der Waals surface area contributed by atoms with Gasteiger partial charge in [0.05, 0.1) is 16.5 Å². The van der Waals surface area contributed by atoms with Gasteiger partial charge >= 0.3 is 0 Å². The summed E-state index contributed by atoms with van der Waals surface area (Å²) in [6.45, 7) is 4.32. The molecular weight excluding hydrogens is 432 g/mol.